The summed E-state index contributed by atoms with van der Waals surface area (Å²) in [4.78, 5) is 12.1. The van der Waals surface area contributed by atoms with Gasteiger partial charge in [0.05, 0.1) is 27.4 Å². The predicted molar refractivity (Wildman–Crippen MR) is 106 cm³/mol. The number of rotatable bonds is 6. The van der Waals surface area contributed by atoms with E-state index in [9.17, 15) is 13.2 Å². The summed E-state index contributed by atoms with van der Waals surface area (Å²) in [6, 6.07) is 5.58. The molecule has 0 aliphatic heterocycles. The van der Waals surface area contributed by atoms with Crippen molar-refractivity contribution >= 4 is 25.7 Å². The molecule has 0 saturated heterocycles. The molecule has 1 N–H and O–H groups in total. The normalized spacial score (nSPS) is 19.4. The number of nitrogens with one attached hydrogen (secondary N) is 1. The van der Waals surface area contributed by atoms with Crippen LogP contribution >= 0.6 is 9.69 Å². The van der Waals surface area contributed by atoms with Gasteiger partial charge in [-0.05, 0) is 25.5 Å². The fraction of sp³-hybridized carbons (Fsp3) is 0.556. The summed E-state index contributed by atoms with van der Waals surface area (Å²) in [7, 11) is 0.814. The number of halogens is 1. The van der Waals surface area contributed by atoms with Gasteiger partial charge in [0.1, 0.15) is 0 Å². The van der Waals surface area contributed by atoms with Gasteiger partial charge in [0, 0.05) is 0 Å². The number of hydrogen-bond donors (Lipinski definition) is 0. The Labute approximate surface area is 177 Å². The first-order chi connectivity index (χ1) is 12.3. The molecule has 9 heteroatoms. The summed E-state index contributed by atoms with van der Waals surface area (Å²) >= 11 is 1.82. The van der Waals surface area contributed by atoms with E-state index in [1.54, 1.807) is 38.1 Å². The number of sulfonamides is 1. The van der Waals surface area contributed by atoms with Gasteiger partial charge >= 0.3 is 33.0 Å². The monoisotopic (exact) mass is 504 g/mol. The van der Waals surface area contributed by atoms with Crippen LogP contribution in [-0.4, -0.2) is 32.6 Å². The van der Waals surface area contributed by atoms with Crippen molar-refractivity contribution in [3.05, 3.63) is 53.3 Å². The number of hydrogen-bond acceptors (Lipinski definition) is 4. The fourth-order valence-electron chi connectivity index (χ4n) is 2.80. The minimum atomic E-state index is -3.75. The van der Waals surface area contributed by atoms with Crippen LogP contribution in [0.2, 0.25) is 0 Å². The van der Waals surface area contributed by atoms with Crippen LogP contribution < -0.4 is 0 Å². The van der Waals surface area contributed by atoms with Crippen molar-refractivity contribution in [1.29, 1.82) is 0 Å². The van der Waals surface area contributed by atoms with Crippen molar-refractivity contribution in [3.63, 3.8) is 0 Å². The van der Waals surface area contributed by atoms with Crippen LogP contribution in [0.3, 0.4) is 0 Å². The number of carbonyl (C=O) groups is 1. The molecule has 154 valence electrons. The molecule has 2 rings (SSSR count). The molecule has 27 heavy (non-hydrogen) atoms. The van der Waals surface area contributed by atoms with Gasteiger partial charge < -0.3 is 22.6 Å². The van der Waals surface area contributed by atoms with Crippen LogP contribution in [-0.2, 0) is 37.8 Å². The maximum atomic E-state index is 12.4. The summed E-state index contributed by atoms with van der Waals surface area (Å²) in [5.74, 6) is -0.883. The van der Waals surface area contributed by atoms with E-state index in [0.717, 1.165) is 12.8 Å². The van der Waals surface area contributed by atoms with Gasteiger partial charge in [0.15, 0.2) is 0 Å². The van der Waals surface area contributed by atoms with Gasteiger partial charge in [-0.3, -0.25) is 0 Å². The number of benzene rings is 1. The molecule has 1 aromatic rings. The molecule has 0 aromatic heterocycles. The SMILES string of the molecule is CC(C)OC(=O)c1ccccc1CS(=O)(=O)[N-]C1CCCCC1[NH-].[CH3-].[Cl][Ru+3]. The van der Waals surface area contributed by atoms with Gasteiger partial charge in [-0.15, -0.1) is 6.04 Å². The molecule has 0 amide bonds. The average Bonchev–Trinajstić information content (AvgIpc) is 2.58. The Balaban J connectivity index is 0.00000218. The fourth-order valence-corrected chi connectivity index (χ4v) is 4.18. The summed E-state index contributed by atoms with van der Waals surface area (Å²) in [5, 5.41) is 0. The van der Waals surface area contributed by atoms with E-state index in [4.69, 9.17) is 10.5 Å². The summed E-state index contributed by atoms with van der Waals surface area (Å²) < 4.78 is 33.9. The Bertz CT molecular complexity index is 686. The Morgan fingerprint density at radius 1 is 1.30 bits per heavy atom. The molecular formula is C18H27ClN2O4RuS. The molecule has 1 fully saturated rings. The molecular weight excluding hydrogens is 477 g/mol. The molecule has 0 heterocycles. The van der Waals surface area contributed by atoms with Gasteiger partial charge in [0.2, 0.25) is 0 Å². The third kappa shape index (κ3) is 9.01. The second-order valence-electron chi connectivity index (χ2n) is 6.40. The van der Waals surface area contributed by atoms with Crippen LogP contribution in [0.5, 0.6) is 0 Å². The van der Waals surface area contributed by atoms with Crippen LogP contribution in [0.1, 0.15) is 55.5 Å². The first kappa shape index (κ1) is 26.5. The van der Waals surface area contributed by atoms with Gasteiger partial charge in [-0.25, -0.2) is 13.2 Å². The molecule has 2 unspecified atom stereocenters. The topological polar surface area (TPSA) is 98.3 Å². The van der Waals surface area contributed by atoms with Crippen LogP contribution in [0.4, 0.5) is 0 Å². The van der Waals surface area contributed by atoms with Gasteiger partial charge in [-0.2, -0.15) is 6.04 Å². The van der Waals surface area contributed by atoms with E-state index in [1.807, 2.05) is 17.3 Å². The maximum absolute atomic E-state index is 12.4. The molecule has 0 spiro atoms. The Morgan fingerprint density at radius 2 is 1.89 bits per heavy atom. The van der Waals surface area contributed by atoms with Crippen LogP contribution in [0.25, 0.3) is 10.5 Å². The molecule has 6 nitrogen and oxygen atoms in total. The Morgan fingerprint density at radius 3 is 2.48 bits per heavy atom. The summed E-state index contributed by atoms with van der Waals surface area (Å²) in [6.45, 7) is 3.48. The predicted octanol–water partition coefficient (Wildman–Crippen LogP) is 4.96. The molecule has 0 bridgehead atoms. The van der Waals surface area contributed by atoms with E-state index < -0.39 is 28.1 Å². The number of esters is 1. The zero-order chi connectivity index (χ0) is 19.7. The zero-order valence-electron chi connectivity index (χ0n) is 15.8. The first-order valence-corrected chi connectivity index (χ1v) is 12.2. The first-order valence-electron chi connectivity index (χ1n) is 8.36. The second-order valence-corrected chi connectivity index (χ2v) is 8.06. The van der Waals surface area contributed by atoms with E-state index in [-0.39, 0.29) is 24.8 Å². The van der Waals surface area contributed by atoms with Crippen LogP contribution in [0.15, 0.2) is 24.3 Å². The number of carbonyl (C=O) groups excluding carboxylic acids is 1. The van der Waals surface area contributed by atoms with E-state index in [2.05, 4.69) is 14.4 Å². The second kappa shape index (κ2) is 12.8. The van der Waals surface area contributed by atoms with Crippen molar-refractivity contribution < 1.29 is 35.3 Å². The average molecular weight is 504 g/mol. The quantitative estimate of drug-likeness (QED) is 0.311. The van der Waals surface area contributed by atoms with Crippen molar-refractivity contribution in [2.75, 3.05) is 0 Å². The minimum absolute atomic E-state index is 0. The standard InChI is InChI=1S/C17H24N2O4S.CH3.ClH.Ru/c1-12(2)23-17(20)14-8-4-3-7-13(14)11-24(21,22)19-16-10-6-5-9-15(16)18;;;/h3-4,7-8,12,15-16,18H,5-6,9-11H2,1-2H3;1H3;1H;/q-2;-1;;+4/p-1. The van der Waals surface area contributed by atoms with E-state index in [0.29, 0.717) is 18.4 Å². The summed E-state index contributed by atoms with van der Waals surface area (Å²) in [5.41, 5.74) is 8.57. The molecule has 1 aliphatic carbocycles. The Hall–Kier alpha value is -0.527. The van der Waals surface area contributed by atoms with E-state index in [1.165, 1.54) is 0 Å². The Kier molecular flexibility index (Phi) is 12.6. The molecule has 1 aromatic carbocycles. The summed E-state index contributed by atoms with van der Waals surface area (Å²) in [6.07, 6.45) is 2.88. The number of ether oxygens (including phenoxy) is 1. The third-order valence-corrected chi connectivity index (χ3v) is 5.21. The molecule has 2 atom stereocenters. The van der Waals surface area contributed by atoms with Crippen molar-refractivity contribution in [3.8, 4) is 0 Å². The van der Waals surface area contributed by atoms with Gasteiger partial charge in [-0.1, -0.05) is 43.9 Å². The third-order valence-electron chi connectivity index (χ3n) is 3.94. The van der Waals surface area contributed by atoms with Crippen LogP contribution in [0, 0.1) is 7.43 Å². The molecule has 1 aliphatic rings. The van der Waals surface area contributed by atoms with Crippen molar-refractivity contribution in [1.82, 2.24) is 0 Å². The number of nitrogens with zero attached hydrogens (tertiary/aromatic N) is 1. The molecule has 1 saturated carbocycles. The van der Waals surface area contributed by atoms with Crippen molar-refractivity contribution in [2.45, 2.75) is 63.5 Å². The molecule has 0 radical (unpaired) electrons. The van der Waals surface area contributed by atoms with Crippen molar-refractivity contribution in [2.24, 2.45) is 0 Å². The van der Waals surface area contributed by atoms with E-state index >= 15 is 0 Å². The van der Waals surface area contributed by atoms with Gasteiger partial charge in [0.25, 0.3) is 0 Å². The zero-order valence-corrected chi connectivity index (χ0v) is 19.1.